The fraction of sp³-hybridized carbons (Fsp3) is 0.500. The minimum Gasteiger partial charge on any atom is -0.383 e. The van der Waals surface area contributed by atoms with E-state index in [4.69, 9.17) is 0 Å². The number of carbonyl (C=O) groups excluding carboxylic acids is 2. The molecule has 22 heavy (non-hydrogen) atoms. The maximum absolute atomic E-state index is 12.0. The molecule has 0 spiro atoms. The molecule has 1 atom stereocenters. The van der Waals surface area contributed by atoms with Gasteiger partial charge in [-0.15, -0.1) is 11.8 Å². The average Bonchev–Trinajstić information content (AvgIpc) is 2.91. The maximum atomic E-state index is 12.0. The van der Waals surface area contributed by atoms with E-state index in [0.717, 1.165) is 24.0 Å². The highest BCUT2D eigenvalue weighted by atomic mass is 32.2. The fourth-order valence-corrected chi connectivity index (χ4v) is 4.00. The molecule has 1 fully saturated rings. The number of rotatable bonds is 4. The van der Waals surface area contributed by atoms with Gasteiger partial charge in [-0.05, 0) is 30.4 Å². The highest BCUT2D eigenvalue weighted by Crippen LogP contribution is 2.34. The van der Waals surface area contributed by atoms with E-state index in [0.29, 0.717) is 18.1 Å². The van der Waals surface area contributed by atoms with Crippen LogP contribution < -0.4 is 5.32 Å². The third-order valence-corrected chi connectivity index (χ3v) is 5.24. The Morgan fingerprint density at radius 3 is 3.00 bits per heavy atom. The molecule has 2 aliphatic rings. The van der Waals surface area contributed by atoms with Crippen molar-refractivity contribution >= 4 is 23.6 Å². The number of nitrogens with zero attached hydrogens (tertiary/aromatic N) is 1. The van der Waals surface area contributed by atoms with Gasteiger partial charge in [0, 0.05) is 0 Å². The lowest BCUT2D eigenvalue weighted by Crippen LogP contribution is -2.46. The lowest BCUT2D eigenvalue weighted by molar-refractivity contribution is -0.132. The van der Waals surface area contributed by atoms with E-state index in [1.165, 1.54) is 11.8 Å². The first kappa shape index (κ1) is 15.4. The predicted octanol–water partition coefficient (Wildman–Crippen LogP) is 0.860. The van der Waals surface area contributed by atoms with Crippen LogP contribution in [0.2, 0.25) is 0 Å². The molecular formula is C16H20N2O3S. The van der Waals surface area contributed by atoms with Crippen molar-refractivity contribution in [2.75, 3.05) is 24.7 Å². The van der Waals surface area contributed by atoms with Crippen molar-refractivity contribution in [3.63, 3.8) is 0 Å². The average molecular weight is 320 g/mol. The molecule has 1 heterocycles. The van der Waals surface area contributed by atoms with Gasteiger partial charge in [-0.25, -0.2) is 0 Å². The standard InChI is InChI=1S/C16H20N2O3S/c19-14(8-18-11-22-9-15(18)20)17-10-16(21)7-3-5-12-4-1-2-6-13(12)16/h1-2,4,6,21H,3,5,7-11H2,(H,17,19)/t16-/m1/s1. The summed E-state index contributed by atoms with van der Waals surface area (Å²) >= 11 is 1.52. The first-order chi connectivity index (χ1) is 10.6. The monoisotopic (exact) mass is 320 g/mol. The van der Waals surface area contributed by atoms with E-state index in [2.05, 4.69) is 5.32 Å². The number of nitrogens with one attached hydrogen (secondary N) is 1. The summed E-state index contributed by atoms with van der Waals surface area (Å²) in [5.74, 6) is 0.804. The first-order valence-electron chi connectivity index (χ1n) is 7.51. The van der Waals surface area contributed by atoms with E-state index in [1.54, 1.807) is 4.90 Å². The summed E-state index contributed by atoms with van der Waals surface area (Å²) in [6.45, 7) is 0.265. The Balaban J connectivity index is 1.61. The molecule has 1 aliphatic heterocycles. The normalized spacial score (nSPS) is 24.2. The Morgan fingerprint density at radius 1 is 1.41 bits per heavy atom. The van der Waals surface area contributed by atoms with Crippen molar-refractivity contribution in [1.29, 1.82) is 0 Å². The molecule has 0 aromatic heterocycles. The van der Waals surface area contributed by atoms with E-state index >= 15 is 0 Å². The number of hydrogen-bond donors (Lipinski definition) is 2. The van der Waals surface area contributed by atoms with Crippen molar-refractivity contribution < 1.29 is 14.7 Å². The van der Waals surface area contributed by atoms with Crippen molar-refractivity contribution in [3.8, 4) is 0 Å². The maximum Gasteiger partial charge on any atom is 0.239 e. The third kappa shape index (κ3) is 3.13. The topological polar surface area (TPSA) is 69.6 Å². The zero-order valence-electron chi connectivity index (χ0n) is 12.4. The van der Waals surface area contributed by atoms with Crippen molar-refractivity contribution in [3.05, 3.63) is 35.4 Å². The molecular weight excluding hydrogens is 300 g/mol. The van der Waals surface area contributed by atoms with Crippen LogP contribution in [0, 0.1) is 0 Å². The summed E-state index contributed by atoms with van der Waals surface area (Å²) in [6.07, 6.45) is 2.51. The Labute approximate surface area is 134 Å². The van der Waals surface area contributed by atoms with Crippen LogP contribution in [0.3, 0.4) is 0 Å². The second kappa shape index (κ2) is 6.30. The van der Waals surface area contributed by atoms with Gasteiger partial charge >= 0.3 is 0 Å². The lowest BCUT2D eigenvalue weighted by Gasteiger charge is -2.34. The highest BCUT2D eigenvalue weighted by Gasteiger charge is 2.34. The number of carbonyl (C=O) groups is 2. The summed E-state index contributed by atoms with van der Waals surface area (Å²) in [6, 6.07) is 7.85. The van der Waals surface area contributed by atoms with Crippen LogP contribution in [0.1, 0.15) is 24.0 Å². The fourth-order valence-electron chi connectivity index (χ4n) is 3.10. The van der Waals surface area contributed by atoms with Crippen LogP contribution in [-0.4, -0.2) is 46.5 Å². The molecule has 5 nitrogen and oxygen atoms in total. The van der Waals surface area contributed by atoms with E-state index in [1.807, 2.05) is 24.3 Å². The molecule has 1 aromatic carbocycles. The number of amides is 2. The molecule has 0 radical (unpaired) electrons. The molecule has 1 aromatic rings. The van der Waals surface area contributed by atoms with Gasteiger partial charge in [0.15, 0.2) is 0 Å². The quantitative estimate of drug-likeness (QED) is 0.863. The van der Waals surface area contributed by atoms with Gasteiger partial charge in [0.25, 0.3) is 0 Å². The summed E-state index contributed by atoms with van der Waals surface area (Å²) in [4.78, 5) is 25.1. The van der Waals surface area contributed by atoms with Gasteiger partial charge in [0.2, 0.25) is 11.8 Å². The largest absolute Gasteiger partial charge is 0.383 e. The van der Waals surface area contributed by atoms with E-state index in [9.17, 15) is 14.7 Å². The van der Waals surface area contributed by atoms with Gasteiger partial charge in [-0.1, -0.05) is 24.3 Å². The Bertz CT molecular complexity index is 593. The lowest BCUT2D eigenvalue weighted by atomic mass is 9.79. The predicted molar refractivity (Wildman–Crippen MR) is 85.3 cm³/mol. The molecule has 0 unspecified atom stereocenters. The molecule has 6 heteroatoms. The van der Waals surface area contributed by atoms with Crippen LogP contribution in [0.4, 0.5) is 0 Å². The van der Waals surface area contributed by atoms with Crippen molar-refractivity contribution in [2.45, 2.75) is 24.9 Å². The highest BCUT2D eigenvalue weighted by molar-refractivity contribution is 8.00. The van der Waals surface area contributed by atoms with Crippen LogP contribution in [-0.2, 0) is 21.6 Å². The van der Waals surface area contributed by atoms with E-state index < -0.39 is 5.60 Å². The third-order valence-electron chi connectivity index (χ3n) is 4.29. The minimum absolute atomic E-state index is 0.00173. The SMILES string of the molecule is O=C(CN1CSCC1=O)NC[C@]1(O)CCCc2ccccc21. The molecule has 1 aliphatic carbocycles. The van der Waals surface area contributed by atoms with Gasteiger partial charge in [-0.3, -0.25) is 9.59 Å². The second-order valence-electron chi connectivity index (χ2n) is 5.89. The van der Waals surface area contributed by atoms with Gasteiger partial charge in [0.05, 0.1) is 18.2 Å². The Morgan fingerprint density at radius 2 is 2.23 bits per heavy atom. The molecule has 0 bridgehead atoms. The molecule has 2 amide bonds. The summed E-state index contributed by atoms with van der Waals surface area (Å²) < 4.78 is 0. The molecule has 2 N–H and O–H groups in total. The number of benzene rings is 1. The molecule has 1 saturated heterocycles. The van der Waals surface area contributed by atoms with Crippen LogP contribution in [0.15, 0.2) is 24.3 Å². The zero-order valence-corrected chi connectivity index (χ0v) is 13.2. The Kier molecular flexibility index (Phi) is 4.40. The minimum atomic E-state index is -1.01. The van der Waals surface area contributed by atoms with Gasteiger partial charge in [0.1, 0.15) is 12.1 Å². The molecule has 0 saturated carbocycles. The van der Waals surface area contributed by atoms with Crippen LogP contribution >= 0.6 is 11.8 Å². The van der Waals surface area contributed by atoms with Crippen molar-refractivity contribution in [1.82, 2.24) is 10.2 Å². The smallest absolute Gasteiger partial charge is 0.239 e. The first-order valence-corrected chi connectivity index (χ1v) is 8.67. The number of thioether (sulfide) groups is 1. The van der Waals surface area contributed by atoms with Gasteiger partial charge in [-0.2, -0.15) is 0 Å². The van der Waals surface area contributed by atoms with Gasteiger partial charge < -0.3 is 15.3 Å². The number of fused-ring (bicyclic) bond motifs is 1. The van der Waals surface area contributed by atoms with Crippen molar-refractivity contribution in [2.24, 2.45) is 0 Å². The number of aryl methyl sites for hydroxylation is 1. The summed E-state index contributed by atoms with van der Waals surface area (Å²) in [7, 11) is 0. The van der Waals surface area contributed by atoms with Crippen LogP contribution in [0.5, 0.6) is 0 Å². The number of aliphatic hydroxyl groups is 1. The number of hydrogen-bond acceptors (Lipinski definition) is 4. The zero-order chi connectivity index (χ0) is 15.6. The molecule has 118 valence electrons. The van der Waals surface area contributed by atoms with E-state index in [-0.39, 0.29) is 24.9 Å². The summed E-state index contributed by atoms with van der Waals surface area (Å²) in [5, 5.41) is 13.7. The summed E-state index contributed by atoms with van der Waals surface area (Å²) in [5.41, 5.74) is 1.06. The Hall–Kier alpha value is -1.53. The van der Waals surface area contributed by atoms with Crippen LogP contribution in [0.25, 0.3) is 0 Å². The molecule has 3 rings (SSSR count). The second-order valence-corrected chi connectivity index (χ2v) is 6.84.